The van der Waals surface area contributed by atoms with E-state index in [0.29, 0.717) is 23.1 Å². The van der Waals surface area contributed by atoms with Crippen LogP contribution in [0, 0.1) is 6.92 Å². The Kier molecular flexibility index (Phi) is 4.09. The molecule has 3 N–H and O–H groups in total. The molecule has 0 unspecified atom stereocenters. The summed E-state index contributed by atoms with van der Waals surface area (Å²) in [5.74, 6) is 2.06. The number of H-pyrrole nitrogens is 1. The maximum absolute atomic E-state index is 12.3. The molecule has 3 aromatic heterocycles. The molecular weight excluding hydrogens is 314 g/mol. The van der Waals surface area contributed by atoms with Crippen LogP contribution in [0.4, 0.5) is 17.5 Å². The van der Waals surface area contributed by atoms with E-state index in [-0.39, 0.29) is 5.56 Å². The molecule has 0 spiro atoms. The molecule has 0 radical (unpaired) electrons. The Bertz CT molecular complexity index is 959. The lowest BCUT2D eigenvalue weighted by molar-refractivity contribution is 0.752. The Morgan fingerprint density at radius 1 is 1.16 bits per heavy atom. The van der Waals surface area contributed by atoms with Gasteiger partial charge >= 0.3 is 0 Å². The molecule has 1 aliphatic rings. The van der Waals surface area contributed by atoms with Crippen molar-refractivity contribution in [3.8, 4) is 0 Å². The maximum Gasteiger partial charge on any atom is 0.259 e. The number of aromatic amines is 1. The number of hydrogen-bond donors (Lipinski definition) is 3. The van der Waals surface area contributed by atoms with Crippen LogP contribution in [-0.2, 0) is 0 Å². The van der Waals surface area contributed by atoms with Gasteiger partial charge in [-0.25, -0.2) is 9.97 Å². The van der Waals surface area contributed by atoms with Crippen molar-refractivity contribution >= 4 is 28.2 Å². The van der Waals surface area contributed by atoms with Crippen LogP contribution < -0.4 is 16.2 Å². The highest BCUT2D eigenvalue weighted by Gasteiger charge is 2.18. The lowest BCUT2D eigenvalue weighted by Crippen LogP contribution is -2.18. The van der Waals surface area contributed by atoms with Gasteiger partial charge in [-0.15, -0.1) is 0 Å². The summed E-state index contributed by atoms with van der Waals surface area (Å²) in [6.45, 7) is 2.02. The van der Waals surface area contributed by atoms with Crippen molar-refractivity contribution in [2.24, 2.45) is 0 Å². The first-order valence-electron chi connectivity index (χ1n) is 8.68. The van der Waals surface area contributed by atoms with Crippen LogP contribution in [-0.4, -0.2) is 21.0 Å². The van der Waals surface area contributed by atoms with E-state index in [2.05, 4.69) is 25.6 Å². The van der Waals surface area contributed by atoms with E-state index in [9.17, 15) is 4.79 Å². The second-order valence-corrected chi connectivity index (χ2v) is 6.60. The minimum absolute atomic E-state index is 0.120. The summed E-state index contributed by atoms with van der Waals surface area (Å²) in [4.78, 5) is 24.1. The fraction of sp³-hybridized carbons (Fsp3) is 0.316. The van der Waals surface area contributed by atoms with Gasteiger partial charge in [0.2, 0.25) is 0 Å². The summed E-state index contributed by atoms with van der Waals surface area (Å²) >= 11 is 0. The van der Waals surface area contributed by atoms with Gasteiger partial charge in [-0.1, -0.05) is 12.8 Å². The van der Waals surface area contributed by atoms with Crippen molar-refractivity contribution in [3.05, 3.63) is 52.6 Å². The molecule has 128 valence electrons. The number of nitrogens with zero attached hydrogens (tertiary/aromatic N) is 2. The number of fused-ring (bicyclic) bond motifs is 1. The minimum atomic E-state index is -0.120. The molecule has 3 heterocycles. The number of aryl methyl sites for hydroxylation is 1. The average molecular weight is 335 g/mol. The second kappa shape index (κ2) is 6.55. The standard InChI is InChI=1S/C19H21N5O/c1-12-6-8-20-15(10-12)23-16-11-13-7-9-21-19(25)17(13)18(24-16)22-14-4-2-3-5-14/h6-11,14H,2-5H2,1H3,(H,21,25)(H2,20,22,23,24). The lowest BCUT2D eigenvalue weighted by atomic mass is 10.2. The zero-order valence-corrected chi connectivity index (χ0v) is 14.2. The largest absolute Gasteiger partial charge is 0.367 e. The Labute approximate surface area is 145 Å². The monoisotopic (exact) mass is 335 g/mol. The Morgan fingerprint density at radius 2 is 2.00 bits per heavy atom. The molecule has 3 aromatic rings. The van der Waals surface area contributed by atoms with Gasteiger partial charge < -0.3 is 15.6 Å². The topological polar surface area (TPSA) is 82.7 Å². The molecule has 4 rings (SSSR count). The quantitative estimate of drug-likeness (QED) is 0.677. The molecule has 0 aliphatic heterocycles. The summed E-state index contributed by atoms with van der Waals surface area (Å²) in [5.41, 5.74) is 1.00. The summed E-state index contributed by atoms with van der Waals surface area (Å²) in [5, 5.41) is 8.18. The first-order valence-corrected chi connectivity index (χ1v) is 8.68. The Hall–Kier alpha value is -2.89. The van der Waals surface area contributed by atoms with Crippen LogP contribution in [0.3, 0.4) is 0 Å². The first-order chi connectivity index (χ1) is 12.2. The number of anilines is 3. The van der Waals surface area contributed by atoms with E-state index in [1.807, 2.05) is 31.2 Å². The molecular formula is C19H21N5O. The molecule has 0 saturated heterocycles. The van der Waals surface area contributed by atoms with Gasteiger partial charge in [0.15, 0.2) is 0 Å². The van der Waals surface area contributed by atoms with Crippen LogP contribution in [0.25, 0.3) is 10.8 Å². The van der Waals surface area contributed by atoms with Crippen LogP contribution in [0.1, 0.15) is 31.2 Å². The molecule has 0 atom stereocenters. The second-order valence-electron chi connectivity index (χ2n) is 6.60. The van der Waals surface area contributed by atoms with E-state index in [1.165, 1.54) is 12.8 Å². The highest BCUT2D eigenvalue weighted by molar-refractivity contribution is 5.93. The third-order valence-electron chi connectivity index (χ3n) is 4.62. The number of pyridine rings is 3. The molecule has 1 aliphatic carbocycles. The average Bonchev–Trinajstić information content (AvgIpc) is 3.08. The smallest absolute Gasteiger partial charge is 0.259 e. The molecule has 6 nitrogen and oxygen atoms in total. The fourth-order valence-corrected chi connectivity index (χ4v) is 3.38. The van der Waals surface area contributed by atoms with Crippen molar-refractivity contribution in [2.45, 2.75) is 38.6 Å². The van der Waals surface area contributed by atoms with Crippen molar-refractivity contribution in [1.82, 2.24) is 15.0 Å². The van der Waals surface area contributed by atoms with Gasteiger partial charge in [-0.3, -0.25) is 4.79 Å². The van der Waals surface area contributed by atoms with Crippen LogP contribution >= 0.6 is 0 Å². The number of aromatic nitrogens is 3. The fourth-order valence-electron chi connectivity index (χ4n) is 3.38. The summed E-state index contributed by atoms with van der Waals surface area (Å²) < 4.78 is 0. The number of nitrogens with one attached hydrogen (secondary N) is 3. The Morgan fingerprint density at radius 3 is 2.80 bits per heavy atom. The van der Waals surface area contributed by atoms with Crippen molar-refractivity contribution in [2.75, 3.05) is 10.6 Å². The molecule has 0 aromatic carbocycles. The third-order valence-corrected chi connectivity index (χ3v) is 4.62. The highest BCUT2D eigenvalue weighted by Crippen LogP contribution is 2.27. The molecule has 25 heavy (non-hydrogen) atoms. The number of rotatable bonds is 4. The third kappa shape index (κ3) is 3.33. The van der Waals surface area contributed by atoms with Gasteiger partial charge in [0, 0.05) is 18.4 Å². The summed E-state index contributed by atoms with van der Waals surface area (Å²) in [6, 6.07) is 8.07. The van der Waals surface area contributed by atoms with Gasteiger partial charge in [-0.2, -0.15) is 0 Å². The van der Waals surface area contributed by atoms with Gasteiger partial charge in [0.1, 0.15) is 17.5 Å². The lowest BCUT2D eigenvalue weighted by Gasteiger charge is -2.16. The summed E-state index contributed by atoms with van der Waals surface area (Å²) in [6.07, 6.45) is 8.10. The van der Waals surface area contributed by atoms with E-state index < -0.39 is 0 Å². The van der Waals surface area contributed by atoms with Gasteiger partial charge in [-0.05, 0) is 55.0 Å². The molecule has 6 heteroatoms. The van der Waals surface area contributed by atoms with E-state index in [4.69, 9.17) is 0 Å². The molecule has 1 fully saturated rings. The molecule has 0 bridgehead atoms. The zero-order chi connectivity index (χ0) is 17.2. The van der Waals surface area contributed by atoms with Crippen LogP contribution in [0.5, 0.6) is 0 Å². The molecule has 0 amide bonds. The SMILES string of the molecule is Cc1ccnc(Nc2cc3cc[nH]c(=O)c3c(NC3CCCC3)n2)c1. The summed E-state index contributed by atoms with van der Waals surface area (Å²) in [7, 11) is 0. The van der Waals surface area contributed by atoms with Crippen LogP contribution in [0.15, 0.2) is 41.5 Å². The normalized spacial score (nSPS) is 14.8. The van der Waals surface area contributed by atoms with E-state index >= 15 is 0 Å². The minimum Gasteiger partial charge on any atom is -0.367 e. The van der Waals surface area contributed by atoms with Crippen molar-refractivity contribution in [1.29, 1.82) is 0 Å². The maximum atomic E-state index is 12.3. The molecule has 1 saturated carbocycles. The van der Waals surface area contributed by atoms with Gasteiger partial charge in [0.05, 0.1) is 5.39 Å². The van der Waals surface area contributed by atoms with E-state index in [1.54, 1.807) is 12.4 Å². The van der Waals surface area contributed by atoms with Gasteiger partial charge in [0.25, 0.3) is 5.56 Å². The first kappa shape index (κ1) is 15.6. The number of hydrogen-bond acceptors (Lipinski definition) is 5. The zero-order valence-electron chi connectivity index (χ0n) is 14.2. The highest BCUT2D eigenvalue weighted by atomic mass is 16.1. The predicted molar refractivity (Wildman–Crippen MR) is 100 cm³/mol. The Balaban J connectivity index is 1.76. The van der Waals surface area contributed by atoms with Crippen molar-refractivity contribution < 1.29 is 0 Å². The predicted octanol–water partition coefficient (Wildman–Crippen LogP) is 3.72. The van der Waals surface area contributed by atoms with E-state index in [0.717, 1.165) is 29.6 Å². The van der Waals surface area contributed by atoms with Crippen LogP contribution in [0.2, 0.25) is 0 Å². The van der Waals surface area contributed by atoms with Crippen molar-refractivity contribution in [3.63, 3.8) is 0 Å².